The van der Waals surface area contributed by atoms with Gasteiger partial charge in [0.05, 0.1) is 5.75 Å². The van der Waals surface area contributed by atoms with Crippen molar-refractivity contribution in [3.05, 3.63) is 23.7 Å². The summed E-state index contributed by atoms with van der Waals surface area (Å²) in [4.78, 5) is 27.2. The van der Waals surface area contributed by atoms with Gasteiger partial charge in [-0.05, 0) is 31.6 Å². The molecular weight excluding hydrogens is 328 g/mol. The van der Waals surface area contributed by atoms with Gasteiger partial charge in [-0.15, -0.1) is 11.8 Å². The zero-order valence-electron chi connectivity index (χ0n) is 15.0. The van der Waals surface area contributed by atoms with Crippen molar-refractivity contribution in [2.45, 2.75) is 32.8 Å². The first-order valence-corrected chi connectivity index (χ1v) is 9.00. The van der Waals surface area contributed by atoms with Crippen LogP contribution in [-0.4, -0.2) is 54.6 Å². The molecule has 1 aliphatic heterocycles. The summed E-state index contributed by atoms with van der Waals surface area (Å²) >= 11 is 1.57. The normalized spacial score (nSPS) is 18.5. The number of furan rings is 1. The summed E-state index contributed by atoms with van der Waals surface area (Å²) in [6.07, 6.45) is 0. The quantitative estimate of drug-likeness (QED) is 0.701. The zero-order chi connectivity index (χ0) is 17.9. The van der Waals surface area contributed by atoms with Crippen molar-refractivity contribution in [3.8, 4) is 0 Å². The number of nitrogens with zero attached hydrogens (tertiary/aromatic N) is 2. The van der Waals surface area contributed by atoms with Crippen LogP contribution in [-0.2, 0) is 20.9 Å². The molecule has 134 valence electrons. The Bertz CT molecular complexity index is 597. The molecule has 1 atom stereocenters. The lowest BCUT2D eigenvalue weighted by molar-refractivity contribution is -0.142. The van der Waals surface area contributed by atoms with Crippen molar-refractivity contribution in [1.82, 2.24) is 9.80 Å². The minimum atomic E-state index is -0.342. The Hall–Kier alpha value is -1.47. The fourth-order valence-electron chi connectivity index (χ4n) is 3.01. The highest BCUT2D eigenvalue weighted by Gasteiger charge is 2.38. The molecule has 0 aromatic carbocycles. The van der Waals surface area contributed by atoms with Gasteiger partial charge in [0.2, 0.25) is 5.91 Å². The molecule has 6 nitrogen and oxygen atoms in total. The highest BCUT2D eigenvalue weighted by atomic mass is 32.2. The lowest BCUT2D eigenvalue weighted by atomic mass is 9.92. The van der Waals surface area contributed by atoms with Gasteiger partial charge in [-0.2, -0.15) is 0 Å². The number of rotatable bonds is 7. The van der Waals surface area contributed by atoms with Gasteiger partial charge in [-0.1, -0.05) is 13.8 Å². The minimum absolute atomic E-state index is 0.0184. The number of hydrogen-bond donors (Lipinski definition) is 0. The third-order valence-electron chi connectivity index (χ3n) is 3.65. The molecule has 0 spiro atoms. The minimum Gasteiger partial charge on any atom is -0.459 e. The van der Waals surface area contributed by atoms with Crippen LogP contribution in [0.1, 0.15) is 37.7 Å². The average molecular weight is 354 g/mol. The van der Waals surface area contributed by atoms with Gasteiger partial charge in [0.1, 0.15) is 23.5 Å². The molecule has 1 aromatic heterocycles. The van der Waals surface area contributed by atoms with Crippen molar-refractivity contribution in [1.29, 1.82) is 0 Å². The highest BCUT2D eigenvalue weighted by Crippen LogP contribution is 2.41. The molecule has 1 aromatic rings. The first-order valence-electron chi connectivity index (χ1n) is 7.96. The summed E-state index contributed by atoms with van der Waals surface area (Å²) in [7, 11) is 4.07. The molecule has 1 amide bonds. The summed E-state index contributed by atoms with van der Waals surface area (Å²) in [5, 5.41) is -0.120. The Balaban J connectivity index is 2.08. The number of carbonyl (C=O) groups is 2. The first-order chi connectivity index (χ1) is 11.2. The highest BCUT2D eigenvalue weighted by molar-refractivity contribution is 8.00. The second-order valence-corrected chi connectivity index (χ2v) is 8.24. The third kappa shape index (κ3) is 5.01. The Kier molecular flexibility index (Phi) is 5.98. The molecular formula is C17H26N2O4S. The number of ether oxygens (including phenoxy) is 1. The van der Waals surface area contributed by atoms with E-state index >= 15 is 0 Å². The van der Waals surface area contributed by atoms with Crippen LogP contribution in [0.25, 0.3) is 0 Å². The Morgan fingerprint density at radius 2 is 2.17 bits per heavy atom. The Labute approximate surface area is 147 Å². The molecule has 1 unspecified atom stereocenters. The van der Waals surface area contributed by atoms with E-state index in [9.17, 15) is 9.59 Å². The maximum atomic E-state index is 12.3. The molecule has 24 heavy (non-hydrogen) atoms. The second kappa shape index (κ2) is 7.61. The van der Waals surface area contributed by atoms with Crippen molar-refractivity contribution >= 4 is 23.6 Å². The van der Waals surface area contributed by atoms with Gasteiger partial charge in [-0.3, -0.25) is 9.59 Å². The SMILES string of the molecule is CC(=O)OCc1ccc(C2SCC(=O)N2CC(C)(C)CN(C)C)o1. The van der Waals surface area contributed by atoms with Crippen LogP contribution in [0.5, 0.6) is 0 Å². The van der Waals surface area contributed by atoms with Crippen LogP contribution in [0.3, 0.4) is 0 Å². The van der Waals surface area contributed by atoms with E-state index in [1.165, 1.54) is 6.92 Å². The average Bonchev–Trinajstić information content (AvgIpc) is 3.03. The smallest absolute Gasteiger partial charge is 0.303 e. The van der Waals surface area contributed by atoms with E-state index < -0.39 is 0 Å². The summed E-state index contributed by atoms with van der Waals surface area (Å²) in [5.74, 6) is 1.57. The number of hydrogen-bond acceptors (Lipinski definition) is 6. The van der Waals surface area contributed by atoms with Gasteiger partial charge in [-0.25, -0.2) is 0 Å². The van der Waals surface area contributed by atoms with Crippen LogP contribution < -0.4 is 0 Å². The molecule has 2 rings (SSSR count). The van der Waals surface area contributed by atoms with Crippen molar-refractivity contribution in [2.24, 2.45) is 5.41 Å². The summed E-state index contributed by atoms with van der Waals surface area (Å²) < 4.78 is 10.7. The molecule has 1 aliphatic rings. The third-order valence-corrected chi connectivity index (χ3v) is 4.87. The lowest BCUT2D eigenvalue weighted by Gasteiger charge is -2.34. The van der Waals surface area contributed by atoms with E-state index in [-0.39, 0.29) is 29.3 Å². The molecule has 0 saturated carbocycles. The molecule has 0 N–H and O–H groups in total. The van der Waals surface area contributed by atoms with E-state index in [1.54, 1.807) is 17.8 Å². The van der Waals surface area contributed by atoms with Gasteiger partial charge in [0.15, 0.2) is 0 Å². The van der Waals surface area contributed by atoms with Gasteiger partial charge >= 0.3 is 5.97 Å². The molecule has 2 heterocycles. The van der Waals surface area contributed by atoms with Gasteiger partial charge in [0.25, 0.3) is 0 Å². The van der Waals surface area contributed by atoms with Crippen molar-refractivity contribution in [3.63, 3.8) is 0 Å². The van der Waals surface area contributed by atoms with E-state index in [0.717, 1.165) is 12.3 Å². The van der Waals surface area contributed by atoms with Crippen LogP contribution in [0.2, 0.25) is 0 Å². The zero-order valence-corrected chi connectivity index (χ0v) is 15.8. The fraction of sp³-hybridized carbons (Fsp3) is 0.647. The topological polar surface area (TPSA) is 63.0 Å². The van der Waals surface area contributed by atoms with E-state index in [4.69, 9.17) is 9.15 Å². The van der Waals surface area contributed by atoms with Crippen LogP contribution in [0.4, 0.5) is 0 Å². The predicted molar refractivity (Wildman–Crippen MR) is 93.4 cm³/mol. The van der Waals surface area contributed by atoms with Crippen LogP contribution in [0, 0.1) is 5.41 Å². The standard InChI is InChI=1S/C17H26N2O4S/c1-12(20)22-8-13-6-7-14(23-13)16-19(15(21)9-24-16)11-17(2,3)10-18(4)5/h6-7,16H,8-11H2,1-5H3. The van der Waals surface area contributed by atoms with E-state index in [1.807, 2.05) is 25.1 Å². The largest absolute Gasteiger partial charge is 0.459 e. The van der Waals surface area contributed by atoms with Gasteiger partial charge < -0.3 is 19.0 Å². The number of esters is 1. The van der Waals surface area contributed by atoms with Crippen LogP contribution in [0.15, 0.2) is 16.5 Å². The van der Waals surface area contributed by atoms with Crippen molar-refractivity contribution < 1.29 is 18.7 Å². The maximum absolute atomic E-state index is 12.3. The number of thioether (sulfide) groups is 1. The van der Waals surface area contributed by atoms with Crippen molar-refractivity contribution in [2.75, 3.05) is 32.9 Å². The van der Waals surface area contributed by atoms with Gasteiger partial charge in [0, 0.05) is 20.0 Å². The molecule has 0 aliphatic carbocycles. The Morgan fingerprint density at radius 1 is 1.46 bits per heavy atom. The summed E-state index contributed by atoms with van der Waals surface area (Å²) in [5.41, 5.74) is -0.0184. The monoisotopic (exact) mass is 354 g/mol. The fourth-order valence-corrected chi connectivity index (χ4v) is 4.13. The second-order valence-electron chi connectivity index (χ2n) is 7.17. The van der Waals surface area contributed by atoms with E-state index in [0.29, 0.717) is 18.1 Å². The lowest BCUT2D eigenvalue weighted by Crippen LogP contribution is -2.41. The molecule has 0 radical (unpaired) electrons. The summed E-state index contributed by atoms with van der Waals surface area (Å²) in [6, 6.07) is 3.66. The predicted octanol–water partition coefficient (Wildman–Crippen LogP) is 2.50. The first kappa shape index (κ1) is 18.9. The molecule has 1 fully saturated rings. The number of carbonyl (C=O) groups excluding carboxylic acids is 2. The summed E-state index contributed by atoms with van der Waals surface area (Å²) in [6.45, 7) is 7.37. The van der Waals surface area contributed by atoms with E-state index in [2.05, 4.69) is 18.7 Å². The number of amides is 1. The molecule has 7 heteroatoms. The van der Waals surface area contributed by atoms with Crippen LogP contribution >= 0.6 is 11.8 Å². The molecule has 0 bridgehead atoms. The molecule has 1 saturated heterocycles. The Morgan fingerprint density at radius 3 is 2.79 bits per heavy atom. The maximum Gasteiger partial charge on any atom is 0.303 e.